The number of rotatable bonds is 5. The summed E-state index contributed by atoms with van der Waals surface area (Å²) in [5.41, 5.74) is 7.77. The van der Waals surface area contributed by atoms with Crippen molar-refractivity contribution in [1.29, 1.82) is 0 Å². The second kappa shape index (κ2) is 5.56. The Kier molecular flexibility index (Phi) is 3.85. The minimum absolute atomic E-state index is 0.337. The van der Waals surface area contributed by atoms with Crippen LogP contribution in [-0.2, 0) is 6.54 Å². The number of primary amides is 1. The highest BCUT2D eigenvalue weighted by molar-refractivity contribution is 5.93. The van der Waals surface area contributed by atoms with Gasteiger partial charge in [-0.25, -0.2) is 0 Å². The molecule has 1 aromatic heterocycles. The summed E-state index contributed by atoms with van der Waals surface area (Å²) in [4.78, 5) is 11.0. The van der Waals surface area contributed by atoms with Crippen molar-refractivity contribution < 1.29 is 4.79 Å². The monoisotopic (exact) mass is 258 g/mol. The average Bonchev–Trinajstić information content (AvgIpc) is 2.85. The fourth-order valence-corrected chi connectivity index (χ4v) is 1.89. The maximum absolute atomic E-state index is 11.0. The highest BCUT2D eigenvalue weighted by Crippen LogP contribution is 2.13. The molecule has 0 saturated heterocycles. The van der Waals surface area contributed by atoms with Crippen LogP contribution in [-0.4, -0.2) is 15.7 Å². The molecular formula is C14H18N4O. The first-order valence-corrected chi connectivity index (χ1v) is 6.24. The molecule has 0 aliphatic heterocycles. The summed E-state index contributed by atoms with van der Waals surface area (Å²) in [6, 6.07) is 9.44. The Balaban J connectivity index is 2.02. The Labute approximate surface area is 112 Å². The fourth-order valence-electron chi connectivity index (χ4n) is 1.89. The quantitative estimate of drug-likeness (QED) is 0.863. The third kappa shape index (κ3) is 3.13. The molecule has 0 fully saturated rings. The van der Waals surface area contributed by atoms with E-state index in [9.17, 15) is 4.79 Å². The number of amides is 1. The van der Waals surface area contributed by atoms with E-state index in [0.29, 0.717) is 18.2 Å². The van der Waals surface area contributed by atoms with Crippen LogP contribution in [0.4, 0.5) is 5.69 Å². The number of nitrogens with two attached hydrogens (primary N) is 1. The van der Waals surface area contributed by atoms with E-state index in [0.717, 1.165) is 11.4 Å². The van der Waals surface area contributed by atoms with E-state index in [2.05, 4.69) is 24.3 Å². The normalized spacial score (nSPS) is 10.7. The van der Waals surface area contributed by atoms with Gasteiger partial charge in [0.15, 0.2) is 0 Å². The predicted octanol–water partition coefficient (Wildman–Crippen LogP) is 2.17. The number of hydrogen-bond donors (Lipinski definition) is 2. The van der Waals surface area contributed by atoms with E-state index in [1.54, 1.807) is 18.3 Å². The molecule has 2 rings (SSSR count). The molecule has 0 atom stereocenters. The van der Waals surface area contributed by atoms with Crippen LogP contribution >= 0.6 is 0 Å². The van der Waals surface area contributed by atoms with Crippen LogP contribution in [0.5, 0.6) is 0 Å². The molecule has 5 heteroatoms. The summed E-state index contributed by atoms with van der Waals surface area (Å²) < 4.78 is 1.98. The van der Waals surface area contributed by atoms with E-state index < -0.39 is 5.91 Å². The maximum Gasteiger partial charge on any atom is 0.248 e. The van der Waals surface area contributed by atoms with Crippen LogP contribution in [0.3, 0.4) is 0 Å². The van der Waals surface area contributed by atoms with Gasteiger partial charge < -0.3 is 11.1 Å². The van der Waals surface area contributed by atoms with E-state index >= 15 is 0 Å². The van der Waals surface area contributed by atoms with Gasteiger partial charge in [0, 0.05) is 23.5 Å². The summed E-state index contributed by atoms with van der Waals surface area (Å²) >= 11 is 0. The first-order chi connectivity index (χ1) is 9.08. The third-order valence-corrected chi connectivity index (χ3v) is 2.88. The van der Waals surface area contributed by atoms with Gasteiger partial charge in [0.2, 0.25) is 5.91 Å². The molecule has 0 bridgehead atoms. The molecule has 0 unspecified atom stereocenters. The molecule has 1 heterocycles. The molecule has 3 N–H and O–H groups in total. The number of hydrogen-bond acceptors (Lipinski definition) is 3. The smallest absolute Gasteiger partial charge is 0.248 e. The van der Waals surface area contributed by atoms with E-state index in [1.165, 1.54) is 0 Å². The molecular weight excluding hydrogens is 240 g/mol. The van der Waals surface area contributed by atoms with Gasteiger partial charge in [0.05, 0.1) is 12.2 Å². The minimum atomic E-state index is -0.413. The summed E-state index contributed by atoms with van der Waals surface area (Å²) in [5, 5.41) is 7.58. The lowest BCUT2D eigenvalue weighted by atomic mass is 10.2. The first kappa shape index (κ1) is 13.1. The Morgan fingerprint density at radius 1 is 1.32 bits per heavy atom. The number of benzene rings is 1. The fraction of sp³-hybridized carbons (Fsp3) is 0.286. The van der Waals surface area contributed by atoms with Crippen molar-refractivity contribution >= 4 is 11.6 Å². The highest BCUT2D eigenvalue weighted by Gasteiger charge is 2.05. The molecule has 0 radical (unpaired) electrons. The predicted molar refractivity (Wildman–Crippen MR) is 74.9 cm³/mol. The second-order valence-electron chi connectivity index (χ2n) is 4.66. The van der Waals surface area contributed by atoms with Crippen LogP contribution in [0.1, 0.15) is 35.9 Å². The van der Waals surface area contributed by atoms with Crippen LogP contribution in [0.15, 0.2) is 36.5 Å². The topological polar surface area (TPSA) is 72.9 Å². The zero-order valence-corrected chi connectivity index (χ0v) is 11.1. The molecule has 1 amide bonds. The van der Waals surface area contributed by atoms with E-state index in [1.807, 2.05) is 22.9 Å². The third-order valence-electron chi connectivity index (χ3n) is 2.88. The number of nitrogens with one attached hydrogen (secondary N) is 1. The lowest BCUT2D eigenvalue weighted by Gasteiger charge is -2.12. The Hall–Kier alpha value is -2.30. The first-order valence-electron chi connectivity index (χ1n) is 6.24. The van der Waals surface area contributed by atoms with Crippen LogP contribution < -0.4 is 11.1 Å². The SMILES string of the molecule is CC(C)n1nccc1CNc1ccc(C(N)=O)cc1. The van der Waals surface area contributed by atoms with Gasteiger partial charge in [0.25, 0.3) is 0 Å². The number of nitrogens with zero attached hydrogens (tertiary/aromatic N) is 2. The van der Waals surface area contributed by atoms with Gasteiger partial charge in [-0.1, -0.05) is 0 Å². The maximum atomic E-state index is 11.0. The summed E-state index contributed by atoms with van der Waals surface area (Å²) in [7, 11) is 0. The highest BCUT2D eigenvalue weighted by atomic mass is 16.1. The molecule has 2 aromatic rings. The van der Waals surface area contributed by atoms with Gasteiger partial charge in [0.1, 0.15) is 0 Å². The van der Waals surface area contributed by atoms with Crippen LogP contribution in [0.25, 0.3) is 0 Å². The van der Waals surface area contributed by atoms with Crippen molar-refractivity contribution in [1.82, 2.24) is 9.78 Å². The standard InChI is InChI=1S/C14H18N4O/c1-10(2)18-13(7-8-17-18)9-16-12-5-3-11(4-6-12)14(15)19/h3-8,10,16H,9H2,1-2H3,(H2,15,19). The number of carbonyl (C=O) groups excluding carboxylic acids is 1. The Morgan fingerprint density at radius 3 is 2.58 bits per heavy atom. The Morgan fingerprint density at radius 2 is 2.00 bits per heavy atom. The van der Waals surface area contributed by atoms with Gasteiger partial charge >= 0.3 is 0 Å². The minimum Gasteiger partial charge on any atom is -0.379 e. The van der Waals surface area contributed by atoms with E-state index in [4.69, 9.17) is 5.73 Å². The van der Waals surface area contributed by atoms with Gasteiger partial charge in [-0.2, -0.15) is 5.10 Å². The molecule has 0 aliphatic carbocycles. The lowest BCUT2D eigenvalue weighted by molar-refractivity contribution is 0.100. The summed E-state index contributed by atoms with van der Waals surface area (Å²) in [6.07, 6.45) is 1.80. The van der Waals surface area contributed by atoms with Crippen molar-refractivity contribution in [3.63, 3.8) is 0 Å². The van der Waals surface area contributed by atoms with Crippen molar-refractivity contribution in [2.45, 2.75) is 26.4 Å². The molecule has 100 valence electrons. The Bertz CT molecular complexity index is 557. The zero-order valence-electron chi connectivity index (χ0n) is 11.1. The lowest BCUT2D eigenvalue weighted by Crippen LogP contribution is -2.12. The van der Waals surface area contributed by atoms with Crippen molar-refractivity contribution in [3.05, 3.63) is 47.8 Å². The van der Waals surface area contributed by atoms with Gasteiger partial charge in [-0.05, 0) is 44.2 Å². The van der Waals surface area contributed by atoms with Crippen molar-refractivity contribution in [2.75, 3.05) is 5.32 Å². The largest absolute Gasteiger partial charge is 0.379 e. The number of anilines is 1. The van der Waals surface area contributed by atoms with Crippen LogP contribution in [0.2, 0.25) is 0 Å². The number of carbonyl (C=O) groups is 1. The van der Waals surface area contributed by atoms with Gasteiger partial charge in [-0.15, -0.1) is 0 Å². The second-order valence-corrected chi connectivity index (χ2v) is 4.66. The number of aromatic nitrogens is 2. The molecule has 19 heavy (non-hydrogen) atoms. The summed E-state index contributed by atoms with van der Waals surface area (Å²) in [6.45, 7) is 4.88. The molecule has 0 aliphatic rings. The molecule has 0 spiro atoms. The van der Waals surface area contributed by atoms with Crippen molar-refractivity contribution in [2.24, 2.45) is 5.73 Å². The molecule has 5 nitrogen and oxygen atoms in total. The van der Waals surface area contributed by atoms with Gasteiger partial charge in [-0.3, -0.25) is 9.48 Å². The average molecular weight is 258 g/mol. The van der Waals surface area contributed by atoms with E-state index in [-0.39, 0.29) is 0 Å². The van der Waals surface area contributed by atoms with Crippen LogP contribution in [0, 0.1) is 0 Å². The zero-order chi connectivity index (χ0) is 13.8. The summed E-state index contributed by atoms with van der Waals surface area (Å²) in [5.74, 6) is -0.413. The molecule has 1 aromatic carbocycles. The van der Waals surface area contributed by atoms with Crippen molar-refractivity contribution in [3.8, 4) is 0 Å². The molecule has 0 saturated carbocycles.